The highest BCUT2D eigenvalue weighted by atomic mass is 35.5. The van der Waals surface area contributed by atoms with E-state index >= 15 is 0 Å². The third-order valence-corrected chi connectivity index (χ3v) is 6.18. The Labute approximate surface area is 173 Å². The van der Waals surface area contributed by atoms with Crippen molar-refractivity contribution < 1.29 is 9.69 Å². The molecule has 5 heteroatoms. The molecule has 2 N–H and O–H groups in total. The van der Waals surface area contributed by atoms with E-state index in [4.69, 9.17) is 11.6 Å². The Kier molecular flexibility index (Phi) is 6.97. The number of halogens is 1. The van der Waals surface area contributed by atoms with Gasteiger partial charge in [0, 0.05) is 16.4 Å². The molecule has 28 heavy (non-hydrogen) atoms. The number of carbonyl (C=O) groups is 1. The maximum absolute atomic E-state index is 12.9. The first-order valence-corrected chi connectivity index (χ1v) is 10.6. The highest BCUT2D eigenvalue weighted by Crippen LogP contribution is 2.26. The summed E-state index contributed by atoms with van der Waals surface area (Å²) in [6.07, 6.45) is 1.05. The molecular weight excluding hydrogens is 370 g/mol. The number of nitrogens with one attached hydrogen (secondary N) is 2. The second kappa shape index (κ2) is 9.44. The number of nitrogens with zero attached hydrogens (tertiary/aromatic N) is 1. The topological polar surface area (TPSA) is 36.8 Å². The maximum Gasteiger partial charge on any atom is 0.282 e. The summed E-state index contributed by atoms with van der Waals surface area (Å²) in [6, 6.07) is 16.1. The van der Waals surface area contributed by atoms with Crippen LogP contribution in [0, 0.1) is 0 Å². The van der Waals surface area contributed by atoms with Gasteiger partial charge < -0.3 is 15.1 Å². The zero-order chi connectivity index (χ0) is 20.1. The van der Waals surface area contributed by atoms with Crippen molar-refractivity contribution in [2.75, 3.05) is 36.4 Å². The van der Waals surface area contributed by atoms with Gasteiger partial charge in [0.1, 0.15) is 0 Å². The van der Waals surface area contributed by atoms with Crippen molar-refractivity contribution in [1.82, 2.24) is 0 Å². The Morgan fingerprint density at radius 3 is 2.54 bits per heavy atom. The van der Waals surface area contributed by atoms with Gasteiger partial charge in [-0.1, -0.05) is 49.7 Å². The van der Waals surface area contributed by atoms with Crippen LogP contribution in [-0.2, 0) is 4.79 Å². The van der Waals surface area contributed by atoms with Gasteiger partial charge in [0.15, 0.2) is 6.04 Å². The van der Waals surface area contributed by atoms with Crippen molar-refractivity contribution in [3.05, 3.63) is 59.1 Å². The first-order chi connectivity index (χ1) is 13.5. The van der Waals surface area contributed by atoms with Gasteiger partial charge in [-0.3, -0.25) is 4.79 Å². The van der Waals surface area contributed by atoms with E-state index in [0.717, 1.165) is 49.0 Å². The van der Waals surface area contributed by atoms with Gasteiger partial charge in [0.2, 0.25) is 0 Å². The predicted molar refractivity (Wildman–Crippen MR) is 118 cm³/mol. The molecule has 0 radical (unpaired) electrons. The smallest absolute Gasteiger partial charge is 0.282 e. The van der Waals surface area contributed by atoms with Crippen LogP contribution < -0.4 is 15.1 Å². The van der Waals surface area contributed by atoms with Crippen molar-refractivity contribution in [3.63, 3.8) is 0 Å². The van der Waals surface area contributed by atoms with Crippen molar-refractivity contribution in [2.45, 2.75) is 39.2 Å². The second-order valence-corrected chi connectivity index (χ2v) is 8.17. The van der Waals surface area contributed by atoms with E-state index < -0.39 is 0 Å². The van der Waals surface area contributed by atoms with Gasteiger partial charge in [-0.05, 0) is 49.1 Å². The van der Waals surface area contributed by atoms with E-state index in [-0.39, 0.29) is 11.9 Å². The van der Waals surface area contributed by atoms with Crippen LogP contribution in [0.1, 0.15) is 38.7 Å². The van der Waals surface area contributed by atoms with Gasteiger partial charge >= 0.3 is 0 Å². The number of hydrogen-bond acceptors (Lipinski definition) is 2. The molecule has 0 bridgehead atoms. The molecule has 1 saturated heterocycles. The third-order valence-electron chi connectivity index (χ3n) is 5.95. The normalized spacial score (nSPS) is 17.2. The van der Waals surface area contributed by atoms with Crippen LogP contribution in [-0.4, -0.2) is 38.1 Å². The largest absolute Gasteiger partial charge is 0.360 e. The van der Waals surface area contributed by atoms with E-state index in [9.17, 15) is 4.79 Å². The maximum atomic E-state index is 12.9. The number of para-hydroxylation sites is 1. The fourth-order valence-electron chi connectivity index (χ4n) is 3.84. The monoisotopic (exact) mass is 400 g/mol. The number of hydrogen-bond donors (Lipinski definition) is 2. The van der Waals surface area contributed by atoms with Crippen LogP contribution in [0.15, 0.2) is 48.5 Å². The highest BCUT2D eigenvalue weighted by Gasteiger charge is 2.29. The van der Waals surface area contributed by atoms with E-state index in [1.807, 2.05) is 43.3 Å². The van der Waals surface area contributed by atoms with Crippen LogP contribution in [0.3, 0.4) is 0 Å². The minimum absolute atomic E-state index is 0.0773. The minimum Gasteiger partial charge on any atom is -0.360 e. The van der Waals surface area contributed by atoms with Crippen LogP contribution in [0.4, 0.5) is 11.4 Å². The van der Waals surface area contributed by atoms with Crippen LogP contribution in [0.25, 0.3) is 0 Å². The van der Waals surface area contributed by atoms with Crippen molar-refractivity contribution in [3.8, 4) is 0 Å². The molecule has 2 aromatic rings. The minimum atomic E-state index is -0.0773. The molecule has 1 amide bonds. The average molecular weight is 401 g/mol. The van der Waals surface area contributed by atoms with Gasteiger partial charge in [0.05, 0.1) is 26.2 Å². The molecule has 1 fully saturated rings. The first-order valence-electron chi connectivity index (χ1n) is 10.2. The molecule has 2 atom stereocenters. The Balaban J connectivity index is 1.59. The molecule has 2 aromatic carbocycles. The molecule has 1 aliphatic rings. The number of benzene rings is 2. The lowest BCUT2D eigenvalue weighted by Crippen LogP contribution is -3.19. The quantitative estimate of drug-likeness (QED) is 0.777. The summed E-state index contributed by atoms with van der Waals surface area (Å²) in [5.41, 5.74) is 3.32. The standard InChI is InChI=1S/C23H30ClN3O/c1-4-17(2)21-10-5-6-11-22(21)25-23(28)18(3)26-12-14-27(15-13-26)20-9-7-8-19(24)16-20/h5-11,16-18H,4,12-15H2,1-3H3,(H,25,28)/p+1/t17-,18-/m1/s1. The number of rotatable bonds is 6. The van der Waals surface area contributed by atoms with E-state index in [2.05, 4.69) is 36.2 Å². The van der Waals surface area contributed by atoms with Crippen LogP contribution in [0.5, 0.6) is 0 Å². The zero-order valence-electron chi connectivity index (χ0n) is 17.0. The summed E-state index contributed by atoms with van der Waals surface area (Å²) >= 11 is 6.12. The summed E-state index contributed by atoms with van der Waals surface area (Å²) < 4.78 is 0. The number of piperazine rings is 1. The molecule has 0 spiro atoms. The summed E-state index contributed by atoms with van der Waals surface area (Å²) in [6.45, 7) is 10.1. The molecule has 0 aliphatic carbocycles. The fourth-order valence-corrected chi connectivity index (χ4v) is 4.03. The summed E-state index contributed by atoms with van der Waals surface area (Å²) in [5, 5.41) is 3.95. The second-order valence-electron chi connectivity index (χ2n) is 7.73. The van der Waals surface area contributed by atoms with Gasteiger partial charge in [-0.2, -0.15) is 0 Å². The molecule has 150 valence electrons. The molecule has 0 aromatic heterocycles. The van der Waals surface area contributed by atoms with Crippen LogP contribution in [0.2, 0.25) is 5.02 Å². The van der Waals surface area contributed by atoms with Gasteiger partial charge in [-0.15, -0.1) is 0 Å². The lowest BCUT2D eigenvalue weighted by Gasteiger charge is -2.36. The Morgan fingerprint density at radius 1 is 1.14 bits per heavy atom. The lowest BCUT2D eigenvalue weighted by molar-refractivity contribution is -0.914. The number of carbonyl (C=O) groups excluding carboxylic acids is 1. The number of quaternary nitrogens is 1. The Bertz CT molecular complexity index is 802. The zero-order valence-corrected chi connectivity index (χ0v) is 17.8. The highest BCUT2D eigenvalue weighted by molar-refractivity contribution is 6.30. The van der Waals surface area contributed by atoms with E-state index in [1.165, 1.54) is 10.5 Å². The molecule has 0 unspecified atom stereocenters. The van der Waals surface area contributed by atoms with Crippen molar-refractivity contribution >= 4 is 28.9 Å². The molecule has 4 nitrogen and oxygen atoms in total. The lowest BCUT2D eigenvalue weighted by atomic mass is 9.97. The number of amides is 1. The van der Waals surface area contributed by atoms with Crippen LogP contribution >= 0.6 is 11.6 Å². The van der Waals surface area contributed by atoms with Gasteiger partial charge in [0.25, 0.3) is 5.91 Å². The number of anilines is 2. The Morgan fingerprint density at radius 2 is 1.86 bits per heavy atom. The molecule has 1 aliphatic heterocycles. The first kappa shape index (κ1) is 20.7. The SMILES string of the molecule is CC[C@@H](C)c1ccccc1NC(=O)[C@@H](C)[NH+]1CCN(c2cccc(Cl)c2)CC1. The molecule has 3 rings (SSSR count). The van der Waals surface area contributed by atoms with E-state index in [0.29, 0.717) is 5.92 Å². The Hall–Kier alpha value is -2.04. The fraction of sp³-hybridized carbons (Fsp3) is 0.435. The summed E-state index contributed by atoms with van der Waals surface area (Å²) in [4.78, 5) is 16.6. The summed E-state index contributed by atoms with van der Waals surface area (Å²) in [5.74, 6) is 0.530. The molecule has 0 saturated carbocycles. The van der Waals surface area contributed by atoms with Crippen molar-refractivity contribution in [1.29, 1.82) is 0 Å². The third kappa shape index (κ3) is 4.86. The molecular formula is C23H31ClN3O+. The van der Waals surface area contributed by atoms with E-state index in [1.54, 1.807) is 0 Å². The average Bonchev–Trinajstić information content (AvgIpc) is 2.73. The van der Waals surface area contributed by atoms with Gasteiger partial charge in [-0.25, -0.2) is 0 Å². The summed E-state index contributed by atoms with van der Waals surface area (Å²) in [7, 11) is 0. The van der Waals surface area contributed by atoms with Crippen molar-refractivity contribution in [2.24, 2.45) is 0 Å². The molecule has 1 heterocycles. The predicted octanol–water partition coefficient (Wildman–Crippen LogP) is 3.59.